The van der Waals surface area contributed by atoms with Crippen molar-refractivity contribution >= 4 is 0 Å². The molecule has 0 aliphatic heterocycles. The van der Waals surface area contributed by atoms with E-state index in [1.807, 2.05) is 6.92 Å². The molecule has 0 aromatic rings. The summed E-state index contributed by atoms with van der Waals surface area (Å²) in [7, 11) is 0. The van der Waals surface area contributed by atoms with Crippen molar-refractivity contribution in [2.75, 3.05) is 0 Å². The first-order valence-electron chi connectivity index (χ1n) is 2.68. The quantitative estimate of drug-likeness (QED) is 0.491. The molecule has 0 radical (unpaired) electrons. The van der Waals surface area contributed by atoms with Gasteiger partial charge >= 0.3 is 0 Å². The SMILES string of the molecule is C#CCC(C#N)CC. The van der Waals surface area contributed by atoms with Crippen LogP contribution in [-0.4, -0.2) is 0 Å². The smallest absolute Gasteiger partial charge is 0.0665 e. The molecular weight excluding hydrogens is 98.1 g/mol. The van der Waals surface area contributed by atoms with Crippen LogP contribution in [0.3, 0.4) is 0 Å². The molecule has 0 saturated carbocycles. The van der Waals surface area contributed by atoms with Crippen molar-refractivity contribution in [2.45, 2.75) is 19.8 Å². The minimum atomic E-state index is 0.0694. The molecule has 1 atom stereocenters. The van der Waals surface area contributed by atoms with Crippen LogP contribution in [0.5, 0.6) is 0 Å². The fourth-order valence-electron chi connectivity index (χ4n) is 0.424. The Balaban J connectivity index is 3.45. The highest BCUT2D eigenvalue weighted by atomic mass is 14.3. The summed E-state index contributed by atoms with van der Waals surface area (Å²) in [5.74, 6) is 2.52. The summed E-state index contributed by atoms with van der Waals surface area (Å²) < 4.78 is 0. The molecule has 0 N–H and O–H groups in total. The zero-order chi connectivity index (χ0) is 6.41. The summed E-state index contributed by atoms with van der Waals surface area (Å²) in [6.45, 7) is 1.96. The number of rotatable bonds is 2. The summed E-state index contributed by atoms with van der Waals surface area (Å²) in [6.07, 6.45) is 6.43. The Kier molecular flexibility index (Phi) is 3.71. The van der Waals surface area contributed by atoms with E-state index in [1.54, 1.807) is 0 Å². The van der Waals surface area contributed by atoms with E-state index in [4.69, 9.17) is 11.7 Å². The molecule has 0 aromatic heterocycles. The largest absolute Gasteiger partial charge is 0.198 e. The molecule has 0 heterocycles. The van der Waals surface area contributed by atoms with Gasteiger partial charge in [0, 0.05) is 6.42 Å². The van der Waals surface area contributed by atoms with E-state index in [9.17, 15) is 0 Å². The molecule has 1 heteroatoms. The van der Waals surface area contributed by atoms with Crippen molar-refractivity contribution < 1.29 is 0 Å². The van der Waals surface area contributed by atoms with E-state index in [0.717, 1.165) is 6.42 Å². The van der Waals surface area contributed by atoms with Gasteiger partial charge in [0.1, 0.15) is 0 Å². The molecule has 0 spiro atoms. The fraction of sp³-hybridized carbons (Fsp3) is 0.571. The minimum Gasteiger partial charge on any atom is -0.198 e. The Labute approximate surface area is 50.3 Å². The van der Waals surface area contributed by atoms with Crippen molar-refractivity contribution in [1.82, 2.24) is 0 Å². The maximum atomic E-state index is 8.31. The molecule has 0 amide bonds. The monoisotopic (exact) mass is 107 g/mol. The third-order valence-corrected chi connectivity index (χ3v) is 1.04. The fourth-order valence-corrected chi connectivity index (χ4v) is 0.424. The lowest BCUT2D eigenvalue weighted by atomic mass is 10.1. The predicted molar refractivity (Wildman–Crippen MR) is 32.8 cm³/mol. The molecule has 0 aliphatic carbocycles. The second kappa shape index (κ2) is 4.22. The number of terminal acetylenes is 1. The molecule has 0 saturated heterocycles. The topological polar surface area (TPSA) is 23.8 Å². The summed E-state index contributed by atoms with van der Waals surface area (Å²) in [4.78, 5) is 0. The number of hydrogen-bond donors (Lipinski definition) is 0. The summed E-state index contributed by atoms with van der Waals surface area (Å²) in [5.41, 5.74) is 0. The standard InChI is InChI=1S/C7H9N/c1-3-5-7(4-2)6-8/h1,7H,4-5H2,2H3. The van der Waals surface area contributed by atoms with Gasteiger partial charge in [-0.15, -0.1) is 12.3 Å². The first-order valence-corrected chi connectivity index (χ1v) is 2.68. The van der Waals surface area contributed by atoms with Crippen LogP contribution in [-0.2, 0) is 0 Å². The first-order chi connectivity index (χ1) is 3.85. The van der Waals surface area contributed by atoms with Gasteiger partial charge in [-0.25, -0.2) is 0 Å². The summed E-state index contributed by atoms with van der Waals surface area (Å²) in [5, 5.41) is 8.31. The number of nitrogens with zero attached hydrogens (tertiary/aromatic N) is 1. The number of nitriles is 1. The second-order valence-corrected chi connectivity index (χ2v) is 1.64. The highest BCUT2D eigenvalue weighted by Crippen LogP contribution is 2.03. The Bertz CT molecular complexity index is 124. The zero-order valence-electron chi connectivity index (χ0n) is 5.02. The highest BCUT2D eigenvalue weighted by molar-refractivity contribution is 4.94. The van der Waals surface area contributed by atoms with Crippen LogP contribution in [0.1, 0.15) is 19.8 Å². The Morgan fingerprint density at radius 1 is 1.75 bits per heavy atom. The first kappa shape index (κ1) is 7.05. The van der Waals surface area contributed by atoms with E-state index in [-0.39, 0.29) is 5.92 Å². The minimum absolute atomic E-state index is 0.0694. The zero-order valence-corrected chi connectivity index (χ0v) is 5.02. The lowest BCUT2D eigenvalue weighted by Crippen LogP contribution is -1.90. The van der Waals surface area contributed by atoms with Crippen molar-refractivity contribution in [3.05, 3.63) is 0 Å². The third-order valence-electron chi connectivity index (χ3n) is 1.04. The van der Waals surface area contributed by atoms with Crippen LogP contribution >= 0.6 is 0 Å². The maximum Gasteiger partial charge on any atom is 0.0665 e. The van der Waals surface area contributed by atoms with Crippen molar-refractivity contribution in [2.24, 2.45) is 5.92 Å². The average Bonchev–Trinajstić information content (AvgIpc) is 1.83. The van der Waals surface area contributed by atoms with Gasteiger partial charge in [-0.05, 0) is 6.42 Å². The van der Waals surface area contributed by atoms with Gasteiger partial charge in [0.25, 0.3) is 0 Å². The van der Waals surface area contributed by atoms with Crippen molar-refractivity contribution in [3.8, 4) is 18.4 Å². The Morgan fingerprint density at radius 3 is 2.50 bits per heavy atom. The molecular formula is C7H9N. The molecule has 0 fully saturated rings. The van der Waals surface area contributed by atoms with Crippen LogP contribution in [0.15, 0.2) is 0 Å². The van der Waals surface area contributed by atoms with Crippen molar-refractivity contribution in [1.29, 1.82) is 5.26 Å². The number of hydrogen-bond acceptors (Lipinski definition) is 1. The van der Waals surface area contributed by atoms with Crippen molar-refractivity contribution in [3.63, 3.8) is 0 Å². The van der Waals surface area contributed by atoms with Gasteiger partial charge in [-0.1, -0.05) is 6.92 Å². The molecule has 1 nitrogen and oxygen atoms in total. The molecule has 0 bridgehead atoms. The van der Waals surface area contributed by atoms with E-state index in [2.05, 4.69) is 12.0 Å². The molecule has 0 aliphatic rings. The Hall–Kier alpha value is -0.950. The van der Waals surface area contributed by atoms with E-state index >= 15 is 0 Å². The molecule has 1 unspecified atom stereocenters. The van der Waals surface area contributed by atoms with Gasteiger partial charge in [-0.2, -0.15) is 5.26 Å². The normalized spacial score (nSPS) is 11.4. The average molecular weight is 107 g/mol. The molecule has 42 valence electrons. The second-order valence-electron chi connectivity index (χ2n) is 1.64. The van der Waals surface area contributed by atoms with Gasteiger partial charge in [0.05, 0.1) is 12.0 Å². The van der Waals surface area contributed by atoms with Gasteiger partial charge < -0.3 is 0 Å². The predicted octanol–water partition coefficient (Wildman–Crippen LogP) is 1.56. The van der Waals surface area contributed by atoms with Crippen LogP contribution in [0.4, 0.5) is 0 Å². The van der Waals surface area contributed by atoms with Gasteiger partial charge in [0.2, 0.25) is 0 Å². The summed E-state index contributed by atoms with van der Waals surface area (Å²) in [6, 6.07) is 2.11. The van der Waals surface area contributed by atoms with Gasteiger partial charge in [0.15, 0.2) is 0 Å². The molecule has 0 aromatic carbocycles. The van der Waals surface area contributed by atoms with Crippen LogP contribution in [0, 0.1) is 29.6 Å². The third kappa shape index (κ3) is 2.26. The van der Waals surface area contributed by atoms with E-state index < -0.39 is 0 Å². The lowest BCUT2D eigenvalue weighted by Gasteiger charge is -1.95. The molecule has 0 rings (SSSR count). The highest BCUT2D eigenvalue weighted by Gasteiger charge is 1.98. The maximum absolute atomic E-state index is 8.31. The Morgan fingerprint density at radius 2 is 2.38 bits per heavy atom. The van der Waals surface area contributed by atoms with Gasteiger partial charge in [-0.3, -0.25) is 0 Å². The van der Waals surface area contributed by atoms with Crippen LogP contribution in [0.2, 0.25) is 0 Å². The van der Waals surface area contributed by atoms with E-state index in [1.165, 1.54) is 0 Å². The molecule has 8 heavy (non-hydrogen) atoms. The van der Waals surface area contributed by atoms with Crippen LogP contribution < -0.4 is 0 Å². The summed E-state index contributed by atoms with van der Waals surface area (Å²) >= 11 is 0. The van der Waals surface area contributed by atoms with E-state index in [0.29, 0.717) is 6.42 Å². The lowest BCUT2D eigenvalue weighted by molar-refractivity contribution is 0.663. The van der Waals surface area contributed by atoms with Crippen LogP contribution in [0.25, 0.3) is 0 Å².